The molecular weight excluding hydrogens is 368 g/mol. The number of aliphatic carboxylic acids is 1. The Bertz CT molecular complexity index is 1190. The molecule has 0 radical (unpaired) electrons. The lowest BCUT2D eigenvalue weighted by Crippen LogP contribution is -2.17. The van der Waals surface area contributed by atoms with Gasteiger partial charge in [0.2, 0.25) is 0 Å². The highest BCUT2D eigenvalue weighted by molar-refractivity contribution is 5.83. The van der Waals surface area contributed by atoms with E-state index in [9.17, 15) is 4.79 Å². The number of fused-ring (bicyclic) bond motifs is 1. The summed E-state index contributed by atoms with van der Waals surface area (Å²) in [4.78, 5) is 22.3. The van der Waals surface area contributed by atoms with Crippen LogP contribution in [-0.2, 0) is 11.2 Å². The molecule has 0 aliphatic carbocycles. The minimum absolute atomic E-state index is 0.0246. The van der Waals surface area contributed by atoms with Crippen LogP contribution in [-0.4, -0.2) is 48.5 Å². The fourth-order valence-corrected chi connectivity index (χ4v) is 3.80. The van der Waals surface area contributed by atoms with E-state index < -0.39 is 5.97 Å². The third-order valence-corrected chi connectivity index (χ3v) is 5.23. The van der Waals surface area contributed by atoms with Gasteiger partial charge in [0.1, 0.15) is 0 Å². The number of hydrogen-bond acceptors (Lipinski definition) is 5. The fraction of sp³-hybridized carbons (Fsp3) is 0.238. The van der Waals surface area contributed by atoms with E-state index in [1.54, 1.807) is 40.1 Å². The van der Waals surface area contributed by atoms with Crippen molar-refractivity contribution in [3.05, 3.63) is 60.8 Å². The quantitative estimate of drug-likeness (QED) is 0.566. The zero-order valence-corrected chi connectivity index (χ0v) is 15.8. The second-order valence-electron chi connectivity index (χ2n) is 7.23. The molecule has 8 nitrogen and oxygen atoms in total. The molecule has 0 bridgehead atoms. The number of carboxylic acids is 1. The number of nitrogens with zero attached hydrogens (tertiary/aromatic N) is 6. The van der Waals surface area contributed by atoms with E-state index in [1.807, 2.05) is 6.20 Å². The molecule has 8 heteroatoms. The van der Waals surface area contributed by atoms with Gasteiger partial charge in [0.05, 0.1) is 30.5 Å². The van der Waals surface area contributed by atoms with E-state index in [-0.39, 0.29) is 6.42 Å². The molecule has 29 heavy (non-hydrogen) atoms. The summed E-state index contributed by atoms with van der Waals surface area (Å²) >= 11 is 0. The van der Waals surface area contributed by atoms with Crippen molar-refractivity contribution < 1.29 is 9.90 Å². The maximum atomic E-state index is 10.9. The molecule has 1 aliphatic rings. The highest BCUT2D eigenvalue weighted by Crippen LogP contribution is 2.26. The molecular formula is C21H20N6O2. The van der Waals surface area contributed by atoms with E-state index in [4.69, 9.17) is 10.1 Å². The lowest BCUT2D eigenvalue weighted by molar-refractivity contribution is -0.136. The Labute approximate surface area is 167 Å². The summed E-state index contributed by atoms with van der Waals surface area (Å²) in [6.07, 6.45) is 11.1. The predicted octanol–water partition coefficient (Wildman–Crippen LogP) is 2.83. The van der Waals surface area contributed by atoms with E-state index >= 15 is 0 Å². The molecule has 5 rings (SSSR count). The number of benzene rings is 1. The van der Waals surface area contributed by atoms with Crippen LogP contribution in [0.15, 0.2) is 55.2 Å². The molecule has 1 saturated heterocycles. The molecule has 1 aromatic carbocycles. The molecule has 0 atom stereocenters. The minimum Gasteiger partial charge on any atom is -0.481 e. The maximum Gasteiger partial charge on any atom is 0.307 e. The average Bonchev–Trinajstić information content (AvgIpc) is 3.47. The van der Waals surface area contributed by atoms with Crippen LogP contribution in [0.25, 0.3) is 22.5 Å². The second kappa shape index (κ2) is 7.05. The van der Waals surface area contributed by atoms with Crippen molar-refractivity contribution >= 4 is 22.6 Å². The van der Waals surface area contributed by atoms with Gasteiger partial charge in [-0.1, -0.05) is 0 Å². The van der Waals surface area contributed by atoms with Crippen molar-refractivity contribution in [2.75, 3.05) is 18.0 Å². The van der Waals surface area contributed by atoms with Gasteiger partial charge < -0.3 is 14.6 Å². The molecule has 4 heterocycles. The summed E-state index contributed by atoms with van der Waals surface area (Å²) in [5.41, 5.74) is 2.90. The molecule has 1 N–H and O–H groups in total. The summed E-state index contributed by atoms with van der Waals surface area (Å²) in [5.74, 6) is 0.363. The second-order valence-corrected chi connectivity index (χ2v) is 7.23. The Hall–Kier alpha value is -3.68. The number of carbonyl (C=O) groups is 1. The summed E-state index contributed by atoms with van der Waals surface area (Å²) < 4.78 is 3.57. The van der Waals surface area contributed by atoms with Crippen molar-refractivity contribution in [3.63, 3.8) is 0 Å². The Kier molecular flexibility index (Phi) is 4.23. The standard InChI is InChI=1S/C21H20N6O2/c28-21(29)9-15-5-8-26(14-15)19-12-22-13-20(24-19)27-18-10-17(25-6-1-2-7-25)4-3-16(18)11-23-27/h3-5,8,10-14H,1-2,6-7,9H2,(H,28,29). The lowest BCUT2D eigenvalue weighted by atomic mass is 10.2. The molecule has 1 fully saturated rings. The zero-order chi connectivity index (χ0) is 19.8. The van der Waals surface area contributed by atoms with Gasteiger partial charge in [-0.05, 0) is 42.7 Å². The first kappa shape index (κ1) is 17.4. The molecule has 0 amide bonds. The molecule has 1 aliphatic heterocycles. The molecule has 0 saturated carbocycles. The van der Waals surface area contributed by atoms with Crippen LogP contribution in [0.3, 0.4) is 0 Å². The first-order valence-corrected chi connectivity index (χ1v) is 9.61. The van der Waals surface area contributed by atoms with Gasteiger partial charge in [-0.2, -0.15) is 5.10 Å². The highest BCUT2D eigenvalue weighted by atomic mass is 16.4. The summed E-state index contributed by atoms with van der Waals surface area (Å²) in [5, 5.41) is 14.5. The number of anilines is 1. The first-order chi connectivity index (χ1) is 14.2. The Balaban J connectivity index is 1.51. The number of carboxylic acid groups (broad SMARTS) is 1. The van der Waals surface area contributed by atoms with Gasteiger partial charge in [0, 0.05) is 36.6 Å². The number of aromatic nitrogens is 5. The van der Waals surface area contributed by atoms with Crippen LogP contribution < -0.4 is 4.90 Å². The van der Waals surface area contributed by atoms with Crippen molar-refractivity contribution in [1.29, 1.82) is 0 Å². The highest BCUT2D eigenvalue weighted by Gasteiger charge is 2.15. The van der Waals surface area contributed by atoms with Gasteiger partial charge in [-0.25, -0.2) is 9.67 Å². The largest absolute Gasteiger partial charge is 0.481 e. The van der Waals surface area contributed by atoms with Crippen LogP contribution >= 0.6 is 0 Å². The molecule has 146 valence electrons. The summed E-state index contributed by atoms with van der Waals surface area (Å²) in [7, 11) is 0. The maximum absolute atomic E-state index is 10.9. The lowest BCUT2D eigenvalue weighted by Gasteiger charge is -2.17. The summed E-state index contributed by atoms with van der Waals surface area (Å²) in [6.45, 7) is 2.17. The minimum atomic E-state index is -0.862. The van der Waals surface area contributed by atoms with Crippen LogP contribution in [0.2, 0.25) is 0 Å². The van der Waals surface area contributed by atoms with Gasteiger partial charge in [0.15, 0.2) is 11.6 Å². The summed E-state index contributed by atoms with van der Waals surface area (Å²) in [6, 6.07) is 8.16. The topological polar surface area (TPSA) is 89.1 Å². The molecule has 0 spiro atoms. The molecule has 3 aromatic heterocycles. The molecule has 4 aromatic rings. The van der Waals surface area contributed by atoms with Crippen molar-refractivity contribution in [2.45, 2.75) is 19.3 Å². The Morgan fingerprint density at radius 2 is 1.90 bits per heavy atom. The first-order valence-electron chi connectivity index (χ1n) is 9.61. The monoisotopic (exact) mass is 388 g/mol. The smallest absolute Gasteiger partial charge is 0.307 e. The van der Waals surface area contributed by atoms with Crippen LogP contribution in [0.4, 0.5) is 5.69 Å². The van der Waals surface area contributed by atoms with E-state index in [0.29, 0.717) is 17.2 Å². The van der Waals surface area contributed by atoms with Crippen LogP contribution in [0, 0.1) is 0 Å². The van der Waals surface area contributed by atoms with Gasteiger partial charge >= 0.3 is 5.97 Å². The average molecular weight is 388 g/mol. The fourth-order valence-electron chi connectivity index (χ4n) is 3.80. The predicted molar refractivity (Wildman–Crippen MR) is 109 cm³/mol. The third-order valence-electron chi connectivity index (χ3n) is 5.23. The van der Waals surface area contributed by atoms with Crippen molar-refractivity contribution in [1.82, 2.24) is 24.3 Å². The zero-order valence-electron chi connectivity index (χ0n) is 15.8. The van der Waals surface area contributed by atoms with E-state index in [2.05, 4.69) is 33.2 Å². The Morgan fingerprint density at radius 3 is 2.72 bits per heavy atom. The Morgan fingerprint density at radius 1 is 1.07 bits per heavy atom. The van der Waals surface area contributed by atoms with E-state index in [1.165, 1.54) is 18.5 Å². The van der Waals surface area contributed by atoms with Gasteiger partial charge in [0.25, 0.3) is 0 Å². The van der Waals surface area contributed by atoms with Crippen LogP contribution in [0.5, 0.6) is 0 Å². The SMILES string of the molecule is O=C(O)Cc1ccn(-c2cncc(-n3ncc4ccc(N5CCCC5)cc43)n2)c1. The van der Waals surface area contributed by atoms with Gasteiger partial charge in [-0.15, -0.1) is 0 Å². The third kappa shape index (κ3) is 3.33. The van der Waals surface area contributed by atoms with Crippen molar-refractivity contribution in [3.8, 4) is 11.6 Å². The van der Waals surface area contributed by atoms with E-state index in [0.717, 1.165) is 24.0 Å². The van der Waals surface area contributed by atoms with Gasteiger partial charge in [-0.3, -0.25) is 9.78 Å². The molecule has 0 unspecified atom stereocenters. The van der Waals surface area contributed by atoms with Crippen LogP contribution in [0.1, 0.15) is 18.4 Å². The number of rotatable bonds is 5. The number of hydrogen-bond donors (Lipinski definition) is 1. The van der Waals surface area contributed by atoms with Crippen molar-refractivity contribution in [2.24, 2.45) is 0 Å². The normalized spacial score (nSPS) is 14.0.